The molecule has 0 aromatic carbocycles. The summed E-state index contributed by atoms with van der Waals surface area (Å²) in [6, 6.07) is 0. The molecular formula is C9H10F8OS2. The highest BCUT2D eigenvalue weighted by Gasteiger charge is 2.74. The molecule has 0 heterocycles. The van der Waals surface area contributed by atoms with Crippen molar-refractivity contribution in [1.29, 1.82) is 0 Å². The largest absolute Gasteiger partial charge is 0.383 e. The molecule has 0 unspecified atom stereocenters. The molecule has 0 bridgehead atoms. The van der Waals surface area contributed by atoms with Gasteiger partial charge in [0.05, 0.1) is 0 Å². The number of alkyl halides is 8. The predicted molar refractivity (Wildman–Crippen MR) is 61.1 cm³/mol. The van der Waals surface area contributed by atoms with E-state index in [-0.39, 0.29) is 0 Å². The maximum atomic E-state index is 13.1. The maximum absolute atomic E-state index is 13.1. The molecule has 0 saturated heterocycles. The van der Waals surface area contributed by atoms with Gasteiger partial charge in [-0.1, -0.05) is 37.4 Å². The van der Waals surface area contributed by atoms with Gasteiger partial charge in [-0.2, -0.15) is 35.1 Å². The van der Waals surface area contributed by atoms with Crippen molar-refractivity contribution in [2.45, 2.75) is 36.2 Å². The van der Waals surface area contributed by atoms with Crippen molar-refractivity contribution in [3.05, 3.63) is 0 Å². The molecule has 0 atom stereocenters. The predicted octanol–water partition coefficient (Wildman–Crippen LogP) is 4.52. The van der Waals surface area contributed by atoms with E-state index in [1.165, 1.54) is 0 Å². The minimum absolute atomic E-state index is 0.623. The topological polar surface area (TPSA) is 17.1 Å². The number of thioether (sulfide) groups is 2. The molecule has 0 aliphatic rings. The molecule has 0 aliphatic heterocycles. The smallest absolute Gasteiger partial charge is 0.285 e. The maximum Gasteiger partial charge on any atom is 0.383 e. The van der Waals surface area contributed by atoms with Crippen LogP contribution >= 0.6 is 23.5 Å². The first-order valence-electron chi connectivity index (χ1n) is 5.12. The van der Waals surface area contributed by atoms with Crippen molar-refractivity contribution in [2.75, 3.05) is 11.5 Å². The monoisotopic (exact) mass is 350 g/mol. The average Bonchev–Trinajstić information content (AvgIpc) is 2.27. The highest BCUT2D eigenvalue weighted by molar-refractivity contribution is 8.00. The SMILES string of the molecule is CCSC(F)(F)C(F)(F)C(=O)C(F)(F)C(F)(F)SCC. The number of ketones is 1. The second-order valence-electron chi connectivity index (χ2n) is 3.38. The van der Waals surface area contributed by atoms with Crippen LogP contribution in [0.4, 0.5) is 35.1 Å². The number of halogens is 8. The molecule has 11 heteroatoms. The molecule has 0 rings (SSSR count). The molecule has 1 nitrogen and oxygen atoms in total. The zero-order valence-corrected chi connectivity index (χ0v) is 11.8. The van der Waals surface area contributed by atoms with Crippen LogP contribution in [0.15, 0.2) is 0 Å². The van der Waals surface area contributed by atoms with Gasteiger partial charge in [0.2, 0.25) is 0 Å². The first kappa shape index (κ1) is 19.8. The molecular weight excluding hydrogens is 340 g/mol. The summed E-state index contributed by atoms with van der Waals surface area (Å²) in [5.41, 5.74) is 0. The molecule has 0 spiro atoms. The van der Waals surface area contributed by atoms with Gasteiger partial charge in [0.15, 0.2) is 0 Å². The number of rotatable bonds is 8. The first-order valence-corrected chi connectivity index (χ1v) is 7.09. The van der Waals surface area contributed by atoms with Gasteiger partial charge in [0.1, 0.15) is 0 Å². The molecule has 0 aromatic rings. The second-order valence-corrected chi connectivity index (χ2v) is 6.14. The Balaban J connectivity index is 5.52. The van der Waals surface area contributed by atoms with Crippen molar-refractivity contribution in [3.8, 4) is 0 Å². The van der Waals surface area contributed by atoms with Crippen LogP contribution in [0.1, 0.15) is 13.8 Å². The zero-order chi connectivity index (χ0) is 16.4. The fraction of sp³-hybridized carbons (Fsp3) is 0.889. The standard InChI is InChI=1S/C9H10F8OS2/c1-3-19-8(14,15)6(10,11)5(18)7(12,13)9(16,17)20-4-2/h3-4H2,1-2H3. The lowest BCUT2D eigenvalue weighted by atomic mass is 10.1. The Hall–Kier alpha value is -0.190. The summed E-state index contributed by atoms with van der Waals surface area (Å²) in [6.07, 6.45) is 0. The van der Waals surface area contributed by atoms with Gasteiger partial charge < -0.3 is 0 Å². The number of hydrogen-bond acceptors (Lipinski definition) is 3. The van der Waals surface area contributed by atoms with Crippen LogP contribution in [-0.2, 0) is 4.79 Å². The number of carbonyl (C=O) groups is 1. The molecule has 0 amide bonds. The second kappa shape index (κ2) is 6.29. The lowest BCUT2D eigenvalue weighted by Crippen LogP contribution is -2.57. The summed E-state index contributed by atoms with van der Waals surface area (Å²) in [4.78, 5) is 10.8. The Bertz CT molecular complexity index is 326. The Kier molecular flexibility index (Phi) is 6.23. The normalized spacial score (nSPS) is 14.5. The Morgan fingerprint density at radius 2 is 1.00 bits per heavy atom. The van der Waals surface area contributed by atoms with Gasteiger partial charge in [0.25, 0.3) is 5.78 Å². The van der Waals surface area contributed by atoms with Crippen LogP contribution in [0.5, 0.6) is 0 Å². The van der Waals surface area contributed by atoms with Gasteiger partial charge >= 0.3 is 22.4 Å². The summed E-state index contributed by atoms with van der Waals surface area (Å²) in [5, 5.41) is -10.4. The minimum atomic E-state index is -5.91. The van der Waals surface area contributed by atoms with Crippen molar-refractivity contribution in [3.63, 3.8) is 0 Å². The van der Waals surface area contributed by atoms with E-state index in [4.69, 9.17) is 0 Å². The lowest BCUT2D eigenvalue weighted by Gasteiger charge is -2.30. The van der Waals surface area contributed by atoms with Gasteiger partial charge in [-0.3, -0.25) is 4.79 Å². The van der Waals surface area contributed by atoms with Crippen molar-refractivity contribution in [2.24, 2.45) is 0 Å². The first-order chi connectivity index (χ1) is 8.78. The summed E-state index contributed by atoms with van der Waals surface area (Å²) >= 11 is -1.56. The van der Waals surface area contributed by atoms with Gasteiger partial charge in [-0.15, -0.1) is 0 Å². The van der Waals surface area contributed by atoms with Crippen molar-refractivity contribution in [1.82, 2.24) is 0 Å². The van der Waals surface area contributed by atoms with Crippen LogP contribution in [-0.4, -0.2) is 39.6 Å². The van der Waals surface area contributed by atoms with E-state index in [0.717, 1.165) is 13.8 Å². The van der Waals surface area contributed by atoms with E-state index in [0.29, 0.717) is 0 Å². The number of carbonyl (C=O) groups excluding carboxylic acids is 1. The van der Waals surface area contributed by atoms with Crippen LogP contribution in [0.25, 0.3) is 0 Å². The molecule has 120 valence electrons. The molecule has 0 radical (unpaired) electrons. The van der Waals surface area contributed by atoms with E-state index in [1.54, 1.807) is 0 Å². The summed E-state index contributed by atoms with van der Waals surface area (Å²) in [5.74, 6) is -16.9. The Morgan fingerprint density at radius 1 is 0.750 bits per heavy atom. The Labute approximate surface area is 117 Å². The van der Waals surface area contributed by atoms with Crippen molar-refractivity contribution < 1.29 is 39.9 Å². The van der Waals surface area contributed by atoms with E-state index in [1.807, 2.05) is 0 Å². The van der Waals surface area contributed by atoms with E-state index < -0.39 is 63.2 Å². The summed E-state index contributed by atoms with van der Waals surface area (Å²) in [6.45, 7) is 2.03. The molecule has 0 aliphatic carbocycles. The van der Waals surface area contributed by atoms with Gasteiger partial charge in [-0.25, -0.2) is 0 Å². The van der Waals surface area contributed by atoms with E-state index >= 15 is 0 Å². The summed E-state index contributed by atoms with van der Waals surface area (Å²) < 4.78 is 104. The number of hydrogen-bond donors (Lipinski definition) is 0. The molecule has 0 saturated carbocycles. The minimum Gasteiger partial charge on any atom is -0.285 e. The van der Waals surface area contributed by atoms with Crippen molar-refractivity contribution >= 4 is 29.3 Å². The zero-order valence-electron chi connectivity index (χ0n) is 10.2. The lowest BCUT2D eigenvalue weighted by molar-refractivity contribution is -0.218. The third-order valence-corrected chi connectivity index (χ3v) is 3.77. The van der Waals surface area contributed by atoms with Gasteiger partial charge in [-0.05, 0) is 11.5 Å². The molecule has 20 heavy (non-hydrogen) atoms. The average molecular weight is 350 g/mol. The highest BCUT2D eigenvalue weighted by Crippen LogP contribution is 2.51. The summed E-state index contributed by atoms with van der Waals surface area (Å²) in [7, 11) is 0. The van der Waals surface area contributed by atoms with Crippen LogP contribution < -0.4 is 0 Å². The molecule has 0 fully saturated rings. The van der Waals surface area contributed by atoms with Gasteiger partial charge in [0, 0.05) is 0 Å². The van der Waals surface area contributed by atoms with E-state index in [2.05, 4.69) is 0 Å². The fourth-order valence-electron chi connectivity index (χ4n) is 1.01. The Morgan fingerprint density at radius 3 is 1.20 bits per heavy atom. The third-order valence-electron chi connectivity index (χ3n) is 1.95. The molecule has 0 N–H and O–H groups in total. The number of Topliss-reactive ketones (excluding diaryl/α,β-unsaturated/α-hetero) is 1. The highest BCUT2D eigenvalue weighted by atomic mass is 32.2. The van der Waals surface area contributed by atoms with Crippen LogP contribution in [0.2, 0.25) is 0 Å². The quantitative estimate of drug-likeness (QED) is 0.599. The van der Waals surface area contributed by atoms with Crippen LogP contribution in [0.3, 0.4) is 0 Å². The molecule has 0 aromatic heterocycles. The van der Waals surface area contributed by atoms with Crippen LogP contribution in [0, 0.1) is 0 Å². The fourth-order valence-corrected chi connectivity index (χ4v) is 2.28. The third kappa shape index (κ3) is 3.52. The van der Waals surface area contributed by atoms with E-state index in [9.17, 15) is 39.9 Å².